The molecular formula is C21H27N2O3+. The lowest BCUT2D eigenvalue weighted by molar-refractivity contribution is -0.917. The van der Waals surface area contributed by atoms with Crippen molar-refractivity contribution < 1.29 is 19.2 Å². The van der Waals surface area contributed by atoms with Gasteiger partial charge in [-0.1, -0.05) is 17.7 Å². The summed E-state index contributed by atoms with van der Waals surface area (Å²) < 4.78 is 10.7. The van der Waals surface area contributed by atoms with Gasteiger partial charge >= 0.3 is 0 Å². The quantitative estimate of drug-likeness (QED) is 0.885. The Hall–Kier alpha value is -2.53. The van der Waals surface area contributed by atoms with Crippen molar-refractivity contribution in [1.29, 1.82) is 0 Å². The highest BCUT2D eigenvalue weighted by molar-refractivity contribution is 5.94. The molecule has 1 aliphatic rings. The van der Waals surface area contributed by atoms with Crippen LogP contribution >= 0.6 is 0 Å². The number of piperazine rings is 1. The molecule has 1 saturated heterocycles. The van der Waals surface area contributed by atoms with E-state index in [1.165, 1.54) is 16.0 Å². The van der Waals surface area contributed by atoms with Gasteiger partial charge in [-0.2, -0.15) is 0 Å². The summed E-state index contributed by atoms with van der Waals surface area (Å²) in [7, 11) is 3.30. The van der Waals surface area contributed by atoms with E-state index in [1.807, 2.05) is 48.2 Å². The number of hydrogen-bond acceptors (Lipinski definition) is 3. The summed E-state index contributed by atoms with van der Waals surface area (Å²) in [5.41, 5.74) is 3.17. The van der Waals surface area contributed by atoms with Crippen LogP contribution in [0.15, 0.2) is 42.5 Å². The number of benzene rings is 2. The van der Waals surface area contributed by atoms with Gasteiger partial charge in [-0.25, -0.2) is 0 Å². The van der Waals surface area contributed by atoms with Crippen molar-refractivity contribution >= 4 is 5.91 Å². The van der Waals surface area contributed by atoms with Gasteiger partial charge in [0.1, 0.15) is 6.54 Å². The molecule has 2 aromatic carbocycles. The Morgan fingerprint density at radius 2 is 1.65 bits per heavy atom. The first kappa shape index (κ1) is 18.3. The maximum Gasteiger partial charge on any atom is 0.254 e. The second-order valence-corrected chi connectivity index (χ2v) is 6.77. The van der Waals surface area contributed by atoms with E-state index in [2.05, 4.69) is 6.07 Å². The van der Waals surface area contributed by atoms with Crippen molar-refractivity contribution in [2.75, 3.05) is 40.4 Å². The number of hydrogen-bond donors (Lipinski definition) is 1. The fourth-order valence-electron chi connectivity index (χ4n) is 3.36. The first-order valence-corrected chi connectivity index (χ1v) is 9.01. The van der Waals surface area contributed by atoms with Crippen molar-refractivity contribution in [3.63, 3.8) is 0 Å². The van der Waals surface area contributed by atoms with Crippen molar-refractivity contribution in [2.24, 2.45) is 0 Å². The molecule has 0 bridgehead atoms. The van der Waals surface area contributed by atoms with E-state index < -0.39 is 0 Å². The zero-order chi connectivity index (χ0) is 18.5. The number of rotatable bonds is 5. The van der Waals surface area contributed by atoms with E-state index in [9.17, 15) is 4.79 Å². The van der Waals surface area contributed by atoms with Crippen LogP contribution in [-0.2, 0) is 6.54 Å². The molecule has 5 heteroatoms. The first-order chi connectivity index (χ1) is 12.6. The standard InChI is InChI=1S/C21H26N2O3/c1-16-4-7-18(8-5-16)21(24)23-12-10-22(11-13-23)15-17-6-9-19(25-2)20(14-17)26-3/h4-9,14H,10-13,15H2,1-3H3/p+1. The van der Waals surface area contributed by atoms with E-state index >= 15 is 0 Å². The highest BCUT2D eigenvalue weighted by atomic mass is 16.5. The summed E-state index contributed by atoms with van der Waals surface area (Å²) in [5.74, 6) is 1.65. The number of nitrogens with one attached hydrogen (secondary N) is 1. The summed E-state index contributed by atoms with van der Waals surface area (Å²) in [4.78, 5) is 16.1. The second-order valence-electron chi connectivity index (χ2n) is 6.77. The highest BCUT2D eigenvalue weighted by Crippen LogP contribution is 2.27. The van der Waals surface area contributed by atoms with E-state index in [1.54, 1.807) is 14.2 Å². The van der Waals surface area contributed by atoms with Crippen LogP contribution in [0.2, 0.25) is 0 Å². The van der Waals surface area contributed by atoms with Gasteiger partial charge in [0.05, 0.1) is 40.4 Å². The maximum absolute atomic E-state index is 12.6. The Bertz CT molecular complexity index is 750. The molecule has 0 radical (unpaired) electrons. The van der Waals surface area contributed by atoms with E-state index in [0.717, 1.165) is 49.8 Å². The zero-order valence-electron chi connectivity index (χ0n) is 15.7. The van der Waals surface area contributed by atoms with Gasteiger partial charge in [-0.05, 0) is 37.3 Å². The number of quaternary nitrogens is 1. The van der Waals surface area contributed by atoms with Crippen LogP contribution in [0.4, 0.5) is 0 Å². The first-order valence-electron chi connectivity index (χ1n) is 9.01. The van der Waals surface area contributed by atoms with Gasteiger partial charge in [0.2, 0.25) is 0 Å². The van der Waals surface area contributed by atoms with Crippen LogP contribution in [0.25, 0.3) is 0 Å². The minimum Gasteiger partial charge on any atom is -0.493 e. The van der Waals surface area contributed by atoms with Gasteiger partial charge in [-0.3, -0.25) is 4.79 Å². The van der Waals surface area contributed by atoms with Crippen LogP contribution in [0.3, 0.4) is 0 Å². The summed E-state index contributed by atoms with van der Waals surface area (Å²) in [5, 5.41) is 0. The average Bonchev–Trinajstić information content (AvgIpc) is 2.68. The monoisotopic (exact) mass is 355 g/mol. The van der Waals surface area contributed by atoms with Gasteiger partial charge in [0.15, 0.2) is 11.5 Å². The molecule has 26 heavy (non-hydrogen) atoms. The average molecular weight is 355 g/mol. The van der Waals surface area contributed by atoms with E-state index in [0.29, 0.717) is 0 Å². The number of ether oxygens (including phenoxy) is 2. The third-order valence-electron chi connectivity index (χ3n) is 4.96. The molecule has 0 aliphatic carbocycles. The number of methoxy groups -OCH3 is 2. The SMILES string of the molecule is COc1ccc(C[NH+]2CCN(C(=O)c3ccc(C)cc3)CC2)cc1OC. The van der Waals surface area contributed by atoms with Crippen LogP contribution < -0.4 is 14.4 Å². The third-order valence-corrected chi connectivity index (χ3v) is 4.96. The smallest absolute Gasteiger partial charge is 0.254 e. The fourth-order valence-corrected chi connectivity index (χ4v) is 3.36. The molecule has 1 amide bonds. The van der Waals surface area contributed by atoms with Crippen LogP contribution in [0.5, 0.6) is 11.5 Å². The summed E-state index contributed by atoms with van der Waals surface area (Å²) >= 11 is 0. The molecule has 1 N–H and O–H groups in total. The van der Waals surface area contributed by atoms with Crippen molar-refractivity contribution in [1.82, 2.24) is 4.90 Å². The van der Waals surface area contributed by atoms with Gasteiger partial charge in [0.25, 0.3) is 5.91 Å². The molecule has 0 aromatic heterocycles. The van der Waals surface area contributed by atoms with E-state index in [-0.39, 0.29) is 5.91 Å². The van der Waals surface area contributed by atoms with Crippen LogP contribution in [-0.4, -0.2) is 51.2 Å². The Morgan fingerprint density at radius 1 is 1.00 bits per heavy atom. The largest absolute Gasteiger partial charge is 0.493 e. The van der Waals surface area contributed by atoms with Crippen LogP contribution in [0, 0.1) is 6.92 Å². The molecule has 0 spiro atoms. The Balaban J connectivity index is 1.57. The lowest BCUT2D eigenvalue weighted by Crippen LogP contribution is -3.13. The minimum atomic E-state index is 0.134. The predicted octanol–water partition coefficient (Wildman–Crippen LogP) is 1.55. The number of carbonyl (C=O) groups is 1. The van der Waals surface area contributed by atoms with Crippen molar-refractivity contribution in [2.45, 2.75) is 13.5 Å². The summed E-state index contributed by atoms with van der Waals surface area (Å²) in [6.07, 6.45) is 0. The molecule has 0 unspecified atom stereocenters. The van der Waals surface area contributed by atoms with Crippen molar-refractivity contribution in [3.05, 3.63) is 59.2 Å². The van der Waals surface area contributed by atoms with Gasteiger partial charge in [-0.15, -0.1) is 0 Å². The highest BCUT2D eigenvalue weighted by Gasteiger charge is 2.24. The number of amides is 1. The molecule has 0 atom stereocenters. The molecule has 2 aromatic rings. The fraction of sp³-hybridized carbons (Fsp3) is 0.381. The number of nitrogens with zero attached hydrogens (tertiary/aromatic N) is 1. The number of aryl methyl sites for hydroxylation is 1. The molecular weight excluding hydrogens is 328 g/mol. The molecule has 138 valence electrons. The lowest BCUT2D eigenvalue weighted by Gasteiger charge is -2.32. The Morgan fingerprint density at radius 3 is 2.27 bits per heavy atom. The van der Waals surface area contributed by atoms with Gasteiger partial charge in [0, 0.05) is 11.1 Å². The third kappa shape index (κ3) is 4.17. The second kappa shape index (κ2) is 8.23. The Labute approximate surface area is 155 Å². The van der Waals surface area contributed by atoms with Crippen molar-refractivity contribution in [3.8, 4) is 11.5 Å². The zero-order valence-corrected chi connectivity index (χ0v) is 15.7. The predicted molar refractivity (Wildman–Crippen MR) is 101 cm³/mol. The minimum absolute atomic E-state index is 0.134. The Kier molecular flexibility index (Phi) is 5.78. The molecule has 1 heterocycles. The molecule has 1 aliphatic heterocycles. The summed E-state index contributed by atoms with van der Waals surface area (Å²) in [6.45, 7) is 6.43. The summed E-state index contributed by atoms with van der Waals surface area (Å²) in [6, 6.07) is 13.9. The molecule has 3 rings (SSSR count). The van der Waals surface area contributed by atoms with Gasteiger partial charge < -0.3 is 19.3 Å². The molecule has 1 fully saturated rings. The van der Waals surface area contributed by atoms with Crippen LogP contribution in [0.1, 0.15) is 21.5 Å². The normalized spacial score (nSPS) is 15.0. The topological polar surface area (TPSA) is 43.2 Å². The molecule has 5 nitrogen and oxygen atoms in total. The lowest BCUT2D eigenvalue weighted by atomic mass is 10.1. The maximum atomic E-state index is 12.6. The van der Waals surface area contributed by atoms with E-state index in [4.69, 9.17) is 9.47 Å². The molecule has 0 saturated carbocycles. The number of carbonyl (C=O) groups excluding carboxylic acids is 1.